The average Bonchev–Trinajstić information content (AvgIpc) is 2.90. The summed E-state index contributed by atoms with van der Waals surface area (Å²) in [5.74, 6) is 7.07. The monoisotopic (exact) mass is 294 g/mol. The van der Waals surface area contributed by atoms with Gasteiger partial charge in [-0.2, -0.15) is 19.9 Å². The van der Waals surface area contributed by atoms with Gasteiger partial charge in [0.15, 0.2) is 5.82 Å². The molecule has 2 rings (SSSR count). The molecule has 0 unspecified atom stereocenters. The lowest BCUT2D eigenvalue weighted by molar-refractivity contribution is 0.292. The molecule has 2 heterocycles. The van der Waals surface area contributed by atoms with Crippen LogP contribution in [-0.2, 0) is 6.42 Å². The fraction of sp³-hybridized carbons (Fsp3) is 0.545. The summed E-state index contributed by atoms with van der Waals surface area (Å²) < 4.78 is 10.4. The minimum Gasteiger partial charge on any atom is -0.463 e. The summed E-state index contributed by atoms with van der Waals surface area (Å²) >= 11 is 0. The van der Waals surface area contributed by atoms with E-state index < -0.39 is 0 Å². The van der Waals surface area contributed by atoms with Crippen LogP contribution in [0.1, 0.15) is 25.1 Å². The van der Waals surface area contributed by atoms with Crippen molar-refractivity contribution in [3.05, 3.63) is 11.7 Å². The maximum Gasteiger partial charge on any atom is 0.323 e. The Balaban J connectivity index is 1.94. The molecule has 0 spiro atoms. The molecule has 0 amide bonds. The van der Waals surface area contributed by atoms with Gasteiger partial charge < -0.3 is 14.6 Å². The van der Waals surface area contributed by atoms with E-state index in [4.69, 9.17) is 15.1 Å². The second-order valence-electron chi connectivity index (χ2n) is 4.17. The molecule has 2 aromatic rings. The Labute approximate surface area is 121 Å². The summed E-state index contributed by atoms with van der Waals surface area (Å²) in [6, 6.07) is 0.218. The highest BCUT2D eigenvalue weighted by atomic mass is 16.5. The van der Waals surface area contributed by atoms with Gasteiger partial charge in [0.25, 0.3) is 0 Å². The van der Waals surface area contributed by atoms with Gasteiger partial charge in [-0.15, -0.1) is 0 Å². The van der Waals surface area contributed by atoms with Gasteiger partial charge in [-0.3, -0.25) is 5.43 Å². The van der Waals surface area contributed by atoms with E-state index in [0.717, 1.165) is 6.42 Å². The topological polar surface area (TPSA) is 137 Å². The number of anilines is 2. The van der Waals surface area contributed by atoms with Crippen molar-refractivity contribution in [1.29, 1.82) is 0 Å². The van der Waals surface area contributed by atoms with E-state index in [1.54, 1.807) is 6.92 Å². The zero-order valence-electron chi connectivity index (χ0n) is 12.0. The van der Waals surface area contributed by atoms with Crippen molar-refractivity contribution >= 4 is 11.9 Å². The lowest BCUT2D eigenvalue weighted by Gasteiger charge is -2.08. The molecule has 0 aliphatic carbocycles. The molecule has 0 atom stereocenters. The van der Waals surface area contributed by atoms with Crippen molar-refractivity contribution in [1.82, 2.24) is 25.1 Å². The quantitative estimate of drug-likeness (QED) is 0.460. The fourth-order valence-electron chi connectivity index (χ4n) is 1.48. The summed E-state index contributed by atoms with van der Waals surface area (Å²) in [6.07, 6.45) is 1.42. The Morgan fingerprint density at radius 2 is 2.00 bits per heavy atom. The van der Waals surface area contributed by atoms with Crippen molar-refractivity contribution in [3.8, 4) is 6.01 Å². The molecule has 0 fully saturated rings. The third-order valence-electron chi connectivity index (χ3n) is 2.37. The van der Waals surface area contributed by atoms with Crippen LogP contribution >= 0.6 is 0 Å². The van der Waals surface area contributed by atoms with Gasteiger partial charge in [-0.1, -0.05) is 12.1 Å². The van der Waals surface area contributed by atoms with Crippen LogP contribution in [-0.4, -0.2) is 38.2 Å². The highest BCUT2D eigenvalue weighted by Gasteiger charge is 2.07. The number of nitrogen functional groups attached to an aromatic ring is 1. The van der Waals surface area contributed by atoms with E-state index >= 15 is 0 Å². The summed E-state index contributed by atoms with van der Waals surface area (Å²) in [6.45, 7) is 4.81. The van der Waals surface area contributed by atoms with Crippen LogP contribution in [0, 0.1) is 6.92 Å². The summed E-state index contributed by atoms with van der Waals surface area (Å²) in [5.41, 5.74) is 2.37. The standard InChI is InChI=1S/C11H18N8O2/c1-3-6-20-11-16-9(15-10(17-11)18-12)13-5-4-8-14-7(2)19-21-8/h3-6,12H2,1-2H3,(H2,13,15,16,17,18). The number of aryl methyl sites for hydroxylation is 1. The van der Waals surface area contributed by atoms with Crippen LogP contribution in [0.25, 0.3) is 0 Å². The normalized spacial score (nSPS) is 10.4. The van der Waals surface area contributed by atoms with Crippen LogP contribution in [0.3, 0.4) is 0 Å². The first-order valence-corrected chi connectivity index (χ1v) is 6.59. The van der Waals surface area contributed by atoms with Crippen molar-refractivity contribution in [2.45, 2.75) is 26.7 Å². The molecule has 10 nitrogen and oxygen atoms in total. The van der Waals surface area contributed by atoms with Gasteiger partial charge in [0.2, 0.25) is 17.8 Å². The summed E-state index contributed by atoms with van der Waals surface area (Å²) in [4.78, 5) is 16.3. The number of hydrogen-bond acceptors (Lipinski definition) is 10. The predicted octanol–water partition coefficient (Wildman–Crippen LogP) is 0.292. The predicted molar refractivity (Wildman–Crippen MR) is 74.7 cm³/mol. The minimum absolute atomic E-state index is 0.218. The summed E-state index contributed by atoms with van der Waals surface area (Å²) in [7, 11) is 0. The third kappa shape index (κ3) is 4.53. The number of nitrogens with zero attached hydrogens (tertiary/aromatic N) is 5. The molecule has 0 saturated heterocycles. The van der Waals surface area contributed by atoms with Gasteiger partial charge in [-0.05, 0) is 13.3 Å². The van der Waals surface area contributed by atoms with Gasteiger partial charge in [-0.25, -0.2) is 5.84 Å². The maximum atomic E-state index is 5.37. The highest BCUT2D eigenvalue weighted by molar-refractivity contribution is 5.34. The molecular weight excluding hydrogens is 276 g/mol. The highest BCUT2D eigenvalue weighted by Crippen LogP contribution is 2.10. The van der Waals surface area contributed by atoms with E-state index in [1.807, 2.05) is 6.92 Å². The molecule has 0 radical (unpaired) electrons. The zero-order chi connectivity index (χ0) is 15.1. The van der Waals surface area contributed by atoms with E-state index in [0.29, 0.717) is 37.2 Å². The molecule has 10 heteroatoms. The number of hydrogen-bond donors (Lipinski definition) is 3. The first-order valence-electron chi connectivity index (χ1n) is 6.59. The van der Waals surface area contributed by atoms with E-state index in [1.165, 1.54) is 0 Å². The van der Waals surface area contributed by atoms with Gasteiger partial charge in [0.05, 0.1) is 6.61 Å². The molecule has 0 aliphatic heterocycles. The molecular formula is C11H18N8O2. The largest absolute Gasteiger partial charge is 0.463 e. The smallest absolute Gasteiger partial charge is 0.323 e. The van der Waals surface area contributed by atoms with Crippen LogP contribution < -0.4 is 21.3 Å². The molecule has 4 N–H and O–H groups in total. The lowest BCUT2D eigenvalue weighted by atomic mass is 10.4. The van der Waals surface area contributed by atoms with Crippen LogP contribution in [0.15, 0.2) is 4.52 Å². The SMILES string of the molecule is CCCOc1nc(NN)nc(NCCc2nc(C)no2)n1. The second kappa shape index (κ2) is 7.33. The van der Waals surface area contributed by atoms with Gasteiger partial charge >= 0.3 is 6.01 Å². The number of aromatic nitrogens is 5. The van der Waals surface area contributed by atoms with E-state index in [2.05, 4.69) is 35.8 Å². The third-order valence-corrected chi connectivity index (χ3v) is 2.37. The van der Waals surface area contributed by atoms with E-state index in [9.17, 15) is 0 Å². The van der Waals surface area contributed by atoms with Gasteiger partial charge in [0.1, 0.15) is 0 Å². The fourth-order valence-corrected chi connectivity index (χ4v) is 1.48. The first-order chi connectivity index (χ1) is 10.2. The number of ether oxygens (including phenoxy) is 1. The first kappa shape index (κ1) is 14.9. The number of nitrogens with one attached hydrogen (secondary N) is 2. The molecule has 2 aromatic heterocycles. The molecule has 114 valence electrons. The zero-order valence-corrected chi connectivity index (χ0v) is 12.0. The van der Waals surface area contributed by atoms with Crippen molar-refractivity contribution in [2.75, 3.05) is 23.9 Å². The van der Waals surface area contributed by atoms with E-state index in [-0.39, 0.29) is 12.0 Å². The van der Waals surface area contributed by atoms with Crippen molar-refractivity contribution < 1.29 is 9.26 Å². The van der Waals surface area contributed by atoms with Crippen LogP contribution in [0.2, 0.25) is 0 Å². The Morgan fingerprint density at radius 3 is 2.67 bits per heavy atom. The van der Waals surface area contributed by atoms with Crippen molar-refractivity contribution in [3.63, 3.8) is 0 Å². The second-order valence-corrected chi connectivity index (χ2v) is 4.17. The van der Waals surface area contributed by atoms with Crippen LogP contribution in [0.5, 0.6) is 6.01 Å². The van der Waals surface area contributed by atoms with Crippen LogP contribution in [0.4, 0.5) is 11.9 Å². The molecule has 21 heavy (non-hydrogen) atoms. The Hall–Kier alpha value is -2.49. The number of rotatable bonds is 8. The maximum absolute atomic E-state index is 5.37. The molecule has 0 aromatic carbocycles. The molecule has 0 saturated carbocycles. The summed E-state index contributed by atoms with van der Waals surface area (Å²) in [5, 5.41) is 6.74. The Morgan fingerprint density at radius 1 is 1.19 bits per heavy atom. The number of nitrogens with two attached hydrogens (primary N) is 1. The average molecular weight is 294 g/mol. The minimum atomic E-state index is 0.218. The number of hydrazine groups is 1. The Bertz CT molecular complexity index is 573. The lowest BCUT2D eigenvalue weighted by Crippen LogP contribution is -2.15. The van der Waals surface area contributed by atoms with Gasteiger partial charge in [0, 0.05) is 13.0 Å². The molecule has 0 bridgehead atoms. The van der Waals surface area contributed by atoms with Crippen molar-refractivity contribution in [2.24, 2.45) is 5.84 Å². The molecule has 0 aliphatic rings. The Kier molecular flexibility index (Phi) is 5.21.